The lowest BCUT2D eigenvalue weighted by atomic mass is 9.97. The Balaban J connectivity index is 0.000000171. The number of carbonyl (C=O) groups is 1. The van der Waals surface area contributed by atoms with Crippen molar-refractivity contribution in [3.8, 4) is 0 Å². The molecule has 0 aliphatic carbocycles. The summed E-state index contributed by atoms with van der Waals surface area (Å²) in [6, 6.07) is 11.4. The van der Waals surface area contributed by atoms with Crippen LogP contribution in [0.5, 0.6) is 0 Å². The zero-order valence-corrected chi connectivity index (χ0v) is 20.6. The highest BCUT2D eigenvalue weighted by Crippen LogP contribution is 2.24. The number of amides is 1. The van der Waals surface area contributed by atoms with Gasteiger partial charge < -0.3 is 20.1 Å². The second-order valence-corrected chi connectivity index (χ2v) is 9.56. The quantitative estimate of drug-likeness (QED) is 0.433. The van der Waals surface area contributed by atoms with Crippen molar-refractivity contribution in [3.05, 3.63) is 57.0 Å². The van der Waals surface area contributed by atoms with Crippen LogP contribution < -0.4 is 10.6 Å². The van der Waals surface area contributed by atoms with Crippen LogP contribution in [0.15, 0.2) is 45.6 Å². The number of aromatic nitrogens is 2. The number of rotatable bonds is 2. The van der Waals surface area contributed by atoms with E-state index in [9.17, 15) is 4.79 Å². The summed E-state index contributed by atoms with van der Waals surface area (Å²) >= 11 is 11.8. The Labute approximate surface area is 197 Å². The highest BCUT2D eigenvalue weighted by atomic mass is 79.9. The first-order valence-electron chi connectivity index (χ1n) is 9.24. The van der Waals surface area contributed by atoms with E-state index >= 15 is 0 Å². The van der Waals surface area contributed by atoms with Gasteiger partial charge in [-0.05, 0) is 70.0 Å². The summed E-state index contributed by atoms with van der Waals surface area (Å²) in [5.74, 6) is -0.106. The minimum atomic E-state index is -0.529. The Morgan fingerprint density at radius 2 is 1.40 bits per heavy atom. The topological polar surface area (TPSA) is 85.4 Å². The third-order valence-corrected chi connectivity index (χ3v) is 5.74. The van der Waals surface area contributed by atoms with E-state index in [0.29, 0.717) is 19.8 Å². The van der Waals surface area contributed by atoms with Gasteiger partial charge in [-0.15, -0.1) is 0 Å². The molecule has 2 aliphatic heterocycles. The Bertz CT molecular complexity index is 872. The fraction of sp³-hybridized carbons (Fsp3) is 0.400. The van der Waals surface area contributed by atoms with E-state index in [1.165, 1.54) is 0 Å². The number of ether oxygens (including phenoxy) is 2. The molecule has 2 aromatic heterocycles. The van der Waals surface area contributed by atoms with Crippen LogP contribution >= 0.6 is 44.1 Å². The van der Waals surface area contributed by atoms with Gasteiger partial charge in [-0.25, -0.2) is 9.97 Å². The van der Waals surface area contributed by atoms with E-state index in [2.05, 4.69) is 52.5 Å². The number of thiocarbonyl (C=S) groups is 1. The van der Waals surface area contributed by atoms with Gasteiger partial charge in [-0.2, -0.15) is 0 Å². The molecular weight excluding hydrogens is 536 g/mol. The molecule has 4 rings (SSSR count). The van der Waals surface area contributed by atoms with Gasteiger partial charge in [0.2, 0.25) is 5.91 Å². The molecule has 0 aromatic carbocycles. The van der Waals surface area contributed by atoms with Crippen LogP contribution in [0.25, 0.3) is 0 Å². The highest BCUT2D eigenvalue weighted by Gasteiger charge is 2.34. The number of pyridine rings is 2. The van der Waals surface area contributed by atoms with Gasteiger partial charge in [0.15, 0.2) is 0 Å². The van der Waals surface area contributed by atoms with Crippen LogP contribution in [0, 0.1) is 0 Å². The summed E-state index contributed by atoms with van der Waals surface area (Å²) in [7, 11) is 0. The molecule has 0 radical (unpaired) electrons. The molecule has 0 saturated carbocycles. The second-order valence-electron chi connectivity index (χ2n) is 7.44. The molecule has 1 amide bonds. The van der Waals surface area contributed by atoms with Crippen molar-refractivity contribution in [2.75, 3.05) is 26.4 Å². The Morgan fingerprint density at radius 3 is 1.87 bits per heavy atom. The molecule has 2 fully saturated rings. The van der Waals surface area contributed by atoms with E-state index in [1.807, 2.05) is 50.2 Å². The standard InChI is InChI=1S/C10H11BrN2O2.C10H11BrN2OS/c1-10(6-15-5-9(14)13-10)7-3-2-4-8(11)12-7;1-10(6-14-5-9(15)13-10)7-3-2-4-8(11)12-7/h2-4H,5-6H2,1H3,(H,13,14);2-4H,5-6H2,1H3,(H,13,15). The molecule has 2 saturated heterocycles. The molecule has 7 nitrogen and oxygen atoms in total. The molecule has 2 atom stereocenters. The maximum Gasteiger partial charge on any atom is 0.246 e. The van der Waals surface area contributed by atoms with Gasteiger partial charge in [0.05, 0.1) is 31.2 Å². The first-order valence-corrected chi connectivity index (χ1v) is 11.2. The lowest BCUT2D eigenvalue weighted by Crippen LogP contribution is -2.53. The van der Waals surface area contributed by atoms with Crippen molar-refractivity contribution < 1.29 is 14.3 Å². The van der Waals surface area contributed by atoms with Crippen molar-refractivity contribution in [3.63, 3.8) is 0 Å². The number of halogens is 2. The predicted molar refractivity (Wildman–Crippen MR) is 124 cm³/mol. The van der Waals surface area contributed by atoms with Crippen LogP contribution in [0.1, 0.15) is 25.2 Å². The third-order valence-electron chi connectivity index (χ3n) is 4.64. The molecule has 2 unspecified atom stereocenters. The number of nitrogens with zero attached hydrogens (tertiary/aromatic N) is 2. The second kappa shape index (κ2) is 9.78. The minimum Gasteiger partial charge on any atom is -0.371 e. The largest absolute Gasteiger partial charge is 0.371 e. The predicted octanol–water partition coefficient (Wildman–Crippen LogP) is 3.21. The minimum absolute atomic E-state index is 0.106. The van der Waals surface area contributed by atoms with Crippen LogP contribution in [-0.2, 0) is 25.3 Å². The van der Waals surface area contributed by atoms with Crippen LogP contribution in [-0.4, -0.2) is 47.3 Å². The van der Waals surface area contributed by atoms with Crippen molar-refractivity contribution >= 4 is 55.0 Å². The van der Waals surface area contributed by atoms with E-state index in [-0.39, 0.29) is 18.1 Å². The van der Waals surface area contributed by atoms with Gasteiger partial charge in [0.1, 0.15) is 31.9 Å². The number of hydrogen-bond acceptors (Lipinski definition) is 6. The molecule has 160 valence electrons. The van der Waals surface area contributed by atoms with E-state index in [4.69, 9.17) is 21.7 Å². The molecule has 2 N–H and O–H groups in total. The van der Waals surface area contributed by atoms with Crippen molar-refractivity contribution in [1.82, 2.24) is 20.6 Å². The molecule has 10 heteroatoms. The Kier molecular flexibility index (Phi) is 7.56. The average Bonchev–Trinajstić information content (AvgIpc) is 2.68. The molecule has 4 heterocycles. The monoisotopic (exact) mass is 556 g/mol. The maximum atomic E-state index is 11.3. The summed E-state index contributed by atoms with van der Waals surface area (Å²) in [5.41, 5.74) is 0.877. The van der Waals surface area contributed by atoms with E-state index in [0.717, 1.165) is 25.6 Å². The molecule has 0 spiro atoms. The zero-order valence-electron chi connectivity index (χ0n) is 16.6. The van der Waals surface area contributed by atoms with E-state index in [1.54, 1.807) is 0 Å². The lowest BCUT2D eigenvalue weighted by Gasteiger charge is -2.35. The van der Waals surface area contributed by atoms with Crippen molar-refractivity contribution in [1.29, 1.82) is 0 Å². The van der Waals surface area contributed by atoms with Gasteiger partial charge in [-0.3, -0.25) is 4.79 Å². The number of nitrogens with one attached hydrogen (secondary N) is 2. The fourth-order valence-corrected chi connectivity index (χ4v) is 4.16. The normalized spacial score (nSPS) is 26.1. The summed E-state index contributed by atoms with van der Waals surface area (Å²) in [5, 5.41) is 6.15. The van der Waals surface area contributed by atoms with Crippen molar-refractivity contribution in [2.45, 2.75) is 24.9 Å². The van der Waals surface area contributed by atoms with Gasteiger partial charge in [0.25, 0.3) is 0 Å². The maximum absolute atomic E-state index is 11.3. The number of morpholine rings is 2. The lowest BCUT2D eigenvalue weighted by molar-refractivity contribution is -0.135. The van der Waals surface area contributed by atoms with Crippen LogP contribution in [0.3, 0.4) is 0 Å². The molecule has 2 aliphatic rings. The summed E-state index contributed by atoms with van der Waals surface area (Å²) in [4.78, 5) is 20.7. The third kappa shape index (κ3) is 5.82. The summed E-state index contributed by atoms with van der Waals surface area (Å²) in [6.07, 6.45) is 0. The Morgan fingerprint density at radius 1 is 0.900 bits per heavy atom. The molecular formula is C20H22Br2N4O3S. The van der Waals surface area contributed by atoms with Gasteiger partial charge in [-0.1, -0.05) is 24.4 Å². The Hall–Kier alpha value is -1.46. The van der Waals surface area contributed by atoms with Crippen molar-refractivity contribution in [2.24, 2.45) is 0 Å². The summed E-state index contributed by atoms with van der Waals surface area (Å²) in [6.45, 7) is 5.59. The van der Waals surface area contributed by atoms with E-state index < -0.39 is 5.54 Å². The van der Waals surface area contributed by atoms with Gasteiger partial charge >= 0.3 is 0 Å². The average molecular weight is 558 g/mol. The highest BCUT2D eigenvalue weighted by molar-refractivity contribution is 9.10. The van der Waals surface area contributed by atoms with Crippen LogP contribution in [0.4, 0.5) is 0 Å². The fourth-order valence-electron chi connectivity index (χ4n) is 3.16. The molecule has 2 aromatic rings. The van der Waals surface area contributed by atoms with Crippen LogP contribution in [0.2, 0.25) is 0 Å². The molecule has 0 bridgehead atoms. The SMILES string of the molecule is CC1(c2cccc(Br)n2)COCC(=O)N1.CC1(c2cccc(Br)n2)COCC(=S)N1. The number of carbonyl (C=O) groups excluding carboxylic acids is 1. The van der Waals surface area contributed by atoms with Gasteiger partial charge in [0, 0.05) is 0 Å². The molecule has 30 heavy (non-hydrogen) atoms. The first-order chi connectivity index (χ1) is 14.2. The smallest absolute Gasteiger partial charge is 0.246 e. The number of hydrogen-bond donors (Lipinski definition) is 2. The first kappa shape index (κ1) is 23.2. The zero-order chi connectivity index (χ0) is 21.8. The summed E-state index contributed by atoms with van der Waals surface area (Å²) < 4.78 is 12.2.